The molecule has 0 saturated carbocycles. The Labute approximate surface area is 135 Å². The van der Waals surface area contributed by atoms with Crippen LogP contribution in [0.3, 0.4) is 0 Å². The van der Waals surface area contributed by atoms with Crippen molar-refractivity contribution in [1.29, 1.82) is 0 Å². The van der Waals surface area contributed by atoms with Gasteiger partial charge in [0.1, 0.15) is 0 Å². The van der Waals surface area contributed by atoms with Crippen LogP contribution in [0.25, 0.3) is 0 Å². The zero-order valence-electron chi connectivity index (χ0n) is 10.6. The molecule has 2 aromatic rings. The maximum atomic E-state index is 5.84. The van der Waals surface area contributed by atoms with Gasteiger partial charge in [0.15, 0.2) is 0 Å². The summed E-state index contributed by atoms with van der Waals surface area (Å²) in [5.74, 6) is 0. The summed E-state index contributed by atoms with van der Waals surface area (Å²) in [5, 5.41) is 0. The molecule has 2 aromatic carbocycles. The predicted molar refractivity (Wildman–Crippen MR) is 89.8 cm³/mol. The minimum Gasteiger partial charge on any atom is -0.328 e. The number of halogens is 2. The van der Waals surface area contributed by atoms with E-state index in [1.807, 2.05) is 19.1 Å². The highest BCUT2D eigenvalue weighted by molar-refractivity contribution is 9.10. The first-order chi connectivity index (χ1) is 9.06. The van der Waals surface area contributed by atoms with Crippen LogP contribution < -0.4 is 5.73 Å². The number of benzene rings is 2. The minimum absolute atomic E-state index is 0.179. The monoisotopic (exact) mass is 399 g/mol. The van der Waals surface area contributed by atoms with Gasteiger partial charge in [-0.1, -0.05) is 45.9 Å². The maximum Gasteiger partial charge on any atom is 0.0314 e. The highest BCUT2D eigenvalue weighted by Gasteiger charge is 2.06. The molecule has 19 heavy (non-hydrogen) atoms. The van der Waals surface area contributed by atoms with Crippen molar-refractivity contribution < 1.29 is 0 Å². The SMILES string of the molecule is CC(N)Cc1ccc(Sc2ccccc2Br)cc1Br. The third-order valence-corrected chi connectivity index (χ3v) is 5.39. The lowest BCUT2D eigenvalue weighted by Crippen LogP contribution is -2.17. The van der Waals surface area contributed by atoms with Gasteiger partial charge in [0.2, 0.25) is 0 Å². The molecule has 2 rings (SSSR count). The van der Waals surface area contributed by atoms with Crippen molar-refractivity contribution in [3.63, 3.8) is 0 Å². The van der Waals surface area contributed by atoms with Gasteiger partial charge in [-0.2, -0.15) is 0 Å². The summed E-state index contributed by atoms with van der Waals surface area (Å²) in [7, 11) is 0. The first kappa shape index (κ1) is 15.1. The van der Waals surface area contributed by atoms with E-state index in [1.165, 1.54) is 15.4 Å². The van der Waals surface area contributed by atoms with E-state index in [-0.39, 0.29) is 6.04 Å². The van der Waals surface area contributed by atoms with Crippen LogP contribution in [0.1, 0.15) is 12.5 Å². The van der Waals surface area contributed by atoms with Gasteiger partial charge in [-0.05, 0) is 59.1 Å². The lowest BCUT2D eigenvalue weighted by atomic mass is 10.1. The maximum absolute atomic E-state index is 5.84. The molecular formula is C15H15Br2NS. The van der Waals surface area contributed by atoms with E-state index in [2.05, 4.69) is 62.2 Å². The molecule has 2 N–H and O–H groups in total. The van der Waals surface area contributed by atoms with Crippen LogP contribution >= 0.6 is 43.6 Å². The van der Waals surface area contributed by atoms with Gasteiger partial charge in [0.25, 0.3) is 0 Å². The molecular weight excluding hydrogens is 386 g/mol. The molecule has 0 aromatic heterocycles. The fraction of sp³-hybridized carbons (Fsp3) is 0.200. The Kier molecular flexibility index (Phi) is 5.51. The van der Waals surface area contributed by atoms with E-state index < -0.39 is 0 Å². The molecule has 0 aliphatic heterocycles. The Hall–Kier alpha value is -0.290. The van der Waals surface area contributed by atoms with Crippen molar-refractivity contribution in [2.45, 2.75) is 29.2 Å². The lowest BCUT2D eigenvalue weighted by molar-refractivity contribution is 0.735. The van der Waals surface area contributed by atoms with Crippen LogP contribution in [0.2, 0.25) is 0 Å². The van der Waals surface area contributed by atoms with Crippen LogP contribution in [0.4, 0.5) is 0 Å². The standard InChI is InChI=1S/C15H15Br2NS/c1-10(18)8-11-6-7-12(9-14(11)17)19-15-5-3-2-4-13(15)16/h2-7,9-10H,8,18H2,1H3. The second-order valence-corrected chi connectivity index (χ2v) is 7.29. The summed E-state index contributed by atoms with van der Waals surface area (Å²) >= 11 is 8.95. The van der Waals surface area contributed by atoms with Crippen LogP contribution in [-0.2, 0) is 6.42 Å². The summed E-state index contributed by atoms with van der Waals surface area (Å²) in [6.45, 7) is 2.02. The van der Waals surface area contributed by atoms with Crippen molar-refractivity contribution in [2.75, 3.05) is 0 Å². The van der Waals surface area contributed by atoms with Crippen molar-refractivity contribution in [2.24, 2.45) is 5.73 Å². The fourth-order valence-corrected chi connectivity index (χ4v) is 3.86. The summed E-state index contributed by atoms with van der Waals surface area (Å²) in [4.78, 5) is 2.43. The number of rotatable bonds is 4. The molecule has 0 spiro atoms. The molecule has 0 amide bonds. The fourth-order valence-electron chi connectivity index (χ4n) is 1.76. The van der Waals surface area contributed by atoms with Gasteiger partial charge >= 0.3 is 0 Å². The van der Waals surface area contributed by atoms with Gasteiger partial charge in [0.05, 0.1) is 0 Å². The van der Waals surface area contributed by atoms with E-state index in [0.29, 0.717) is 0 Å². The van der Waals surface area contributed by atoms with Gasteiger partial charge in [-0.25, -0.2) is 0 Å². The van der Waals surface area contributed by atoms with E-state index in [0.717, 1.165) is 15.4 Å². The van der Waals surface area contributed by atoms with Crippen molar-refractivity contribution in [1.82, 2.24) is 0 Å². The van der Waals surface area contributed by atoms with Crippen LogP contribution in [0.15, 0.2) is 61.2 Å². The van der Waals surface area contributed by atoms with Crippen molar-refractivity contribution >= 4 is 43.6 Å². The highest BCUT2D eigenvalue weighted by Crippen LogP contribution is 2.35. The number of hydrogen-bond acceptors (Lipinski definition) is 2. The molecule has 0 radical (unpaired) electrons. The van der Waals surface area contributed by atoms with E-state index in [4.69, 9.17) is 5.73 Å². The molecule has 0 fully saturated rings. The lowest BCUT2D eigenvalue weighted by Gasteiger charge is -2.10. The molecule has 1 atom stereocenters. The molecule has 1 unspecified atom stereocenters. The zero-order valence-corrected chi connectivity index (χ0v) is 14.6. The first-order valence-corrected chi connectivity index (χ1v) is 8.43. The molecule has 0 bridgehead atoms. The molecule has 0 aliphatic rings. The quantitative estimate of drug-likeness (QED) is 0.757. The van der Waals surface area contributed by atoms with E-state index in [1.54, 1.807) is 11.8 Å². The Bertz CT molecular complexity index is 570. The van der Waals surface area contributed by atoms with Gasteiger partial charge < -0.3 is 5.73 Å². The van der Waals surface area contributed by atoms with Crippen LogP contribution in [0, 0.1) is 0 Å². The summed E-state index contributed by atoms with van der Waals surface area (Å²) in [5.41, 5.74) is 7.10. The predicted octanol–water partition coefficient (Wildman–Crippen LogP) is 5.25. The normalized spacial score (nSPS) is 12.4. The van der Waals surface area contributed by atoms with Gasteiger partial charge in [-0.3, -0.25) is 0 Å². The Morgan fingerprint density at radius 3 is 2.47 bits per heavy atom. The zero-order chi connectivity index (χ0) is 13.8. The average Bonchev–Trinajstić information content (AvgIpc) is 2.35. The van der Waals surface area contributed by atoms with Crippen molar-refractivity contribution in [3.8, 4) is 0 Å². The Morgan fingerprint density at radius 2 is 1.84 bits per heavy atom. The first-order valence-electron chi connectivity index (χ1n) is 6.02. The second-order valence-electron chi connectivity index (χ2n) is 4.47. The average molecular weight is 401 g/mol. The number of nitrogens with two attached hydrogens (primary N) is 1. The molecule has 0 heterocycles. The van der Waals surface area contributed by atoms with Crippen molar-refractivity contribution in [3.05, 3.63) is 57.0 Å². The third kappa shape index (κ3) is 4.35. The van der Waals surface area contributed by atoms with Crippen LogP contribution in [0.5, 0.6) is 0 Å². The topological polar surface area (TPSA) is 26.0 Å². The molecule has 100 valence electrons. The second kappa shape index (κ2) is 6.93. The molecule has 0 saturated heterocycles. The largest absolute Gasteiger partial charge is 0.328 e. The smallest absolute Gasteiger partial charge is 0.0314 e. The van der Waals surface area contributed by atoms with E-state index >= 15 is 0 Å². The van der Waals surface area contributed by atoms with E-state index in [9.17, 15) is 0 Å². The summed E-state index contributed by atoms with van der Waals surface area (Å²) < 4.78 is 2.25. The summed E-state index contributed by atoms with van der Waals surface area (Å²) in [6.07, 6.45) is 0.889. The molecule has 1 nitrogen and oxygen atoms in total. The van der Waals surface area contributed by atoms with Crippen LogP contribution in [-0.4, -0.2) is 6.04 Å². The Balaban J connectivity index is 2.19. The molecule has 4 heteroatoms. The highest BCUT2D eigenvalue weighted by atomic mass is 79.9. The number of hydrogen-bond donors (Lipinski definition) is 1. The third-order valence-electron chi connectivity index (χ3n) is 2.63. The molecule has 0 aliphatic carbocycles. The minimum atomic E-state index is 0.179. The van der Waals surface area contributed by atoms with Gasteiger partial charge in [-0.15, -0.1) is 0 Å². The summed E-state index contributed by atoms with van der Waals surface area (Å²) in [6, 6.07) is 14.9. The Morgan fingerprint density at radius 1 is 1.11 bits per heavy atom. The van der Waals surface area contributed by atoms with Gasteiger partial charge in [0, 0.05) is 24.8 Å².